The molecule has 1 amide bonds. The number of H-pyrrole nitrogens is 1. The zero-order valence-electron chi connectivity index (χ0n) is 19.2. The summed E-state index contributed by atoms with van der Waals surface area (Å²) in [6.45, 7) is 10.6. The van der Waals surface area contributed by atoms with Crippen LogP contribution in [0.3, 0.4) is 0 Å². The van der Waals surface area contributed by atoms with E-state index in [1.165, 1.54) is 5.56 Å². The predicted molar refractivity (Wildman–Crippen MR) is 123 cm³/mol. The number of aryl methyl sites for hydroxylation is 1. The highest BCUT2D eigenvalue weighted by Gasteiger charge is 2.35. The fourth-order valence-electron chi connectivity index (χ4n) is 4.64. The van der Waals surface area contributed by atoms with Gasteiger partial charge in [-0.15, -0.1) is 0 Å². The fraction of sp³-hybridized carbons (Fsp3) is 0.652. The van der Waals surface area contributed by atoms with Gasteiger partial charge in [0.1, 0.15) is 11.9 Å². The second kappa shape index (κ2) is 9.24. The minimum atomic E-state index is -0.174. The molecule has 4 rings (SSSR count). The van der Waals surface area contributed by atoms with Gasteiger partial charge in [0.05, 0.1) is 5.69 Å². The summed E-state index contributed by atoms with van der Waals surface area (Å²) < 4.78 is 0. The summed E-state index contributed by atoms with van der Waals surface area (Å²) in [5, 5.41) is 11.0. The average molecular weight is 426 g/mol. The van der Waals surface area contributed by atoms with Crippen molar-refractivity contribution in [1.82, 2.24) is 25.1 Å². The van der Waals surface area contributed by atoms with E-state index >= 15 is 0 Å². The number of anilines is 3. The topological polar surface area (TPSA) is 90.0 Å². The maximum absolute atomic E-state index is 13.1. The van der Waals surface area contributed by atoms with Crippen molar-refractivity contribution in [3.05, 3.63) is 23.0 Å². The largest absolute Gasteiger partial charge is 0.341 e. The highest BCUT2D eigenvalue weighted by molar-refractivity contribution is 5.85. The quantitative estimate of drug-likeness (QED) is 0.702. The fourth-order valence-corrected chi connectivity index (χ4v) is 4.64. The molecule has 2 aromatic rings. The zero-order valence-corrected chi connectivity index (χ0v) is 19.2. The second-order valence-electron chi connectivity index (χ2n) is 8.85. The van der Waals surface area contributed by atoms with Crippen molar-refractivity contribution in [2.24, 2.45) is 0 Å². The number of carbonyl (C=O) groups excluding carboxylic acids is 1. The average Bonchev–Trinajstić information content (AvgIpc) is 3.44. The third kappa shape index (κ3) is 4.38. The number of aromatic amines is 1. The first-order valence-electron chi connectivity index (χ1n) is 11.8. The molecule has 2 N–H and O–H groups in total. The minimum absolute atomic E-state index is 0.174. The van der Waals surface area contributed by atoms with Crippen molar-refractivity contribution in [2.45, 2.75) is 78.2 Å². The Balaban J connectivity index is 1.66. The highest BCUT2D eigenvalue weighted by Crippen LogP contribution is 2.32. The van der Waals surface area contributed by atoms with Gasteiger partial charge in [-0.05, 0) is 58.3 Å². The highest BCUT2D eigenvalue weighted by atomic mass is 16.2. The molecule has 1 atom stereocenters. The molecule has 0 unspecified atom stereocenters. The molecule has 8 heteroatoms. The van der Waals surface area contributed by atoms with Crippen LogP contribution < -0.4 is 10.2 Å². The van der Waals surface area contributed by atoms with Gasteiger partial charge in [0.15, 0.2) is 5.82 Å². The van der Waals surface area contributed by atoms with Gasteiger partial charge in [-0.1, -0.05) is 13.8 Å². The molecule has 1 aliphatic heterocycles. The second-order valence-corrected chi connectivity index (χ2v) is 8.85. The zero-order chi connectivity index (χ0) is 22.0. The van der Waals surface area contributed by atoms with Crippen molar-refractivity contribution in [3.8, 4) is 0 Å². The summed E-state index contributed by atoms with van der Waals surface area (Å²) in [6, 6.07) is 1.87. The van der Waals surface area contributed by atoms with Crippen LogP contribution in [0, 0.1) is 0 Å². The van der Waals surface area contributed by atoms with E-state index in [0.29, 0.717) is 11.9 Å². The molecule has 8 nitrogen and oxygen atoms in total. The van der Waals surface area contributed by atoms with E-state index in [-0.39, 0.29) is 11.9 Å². The molecule has 31 heavy (non-hydrogen) atoms. The monoisotopic (exact) mass is 425 g/mol. The van der Waals surface area contributed by atoms with Gasteiger partial charge in [-0.2, -0.15) is 10.1 Å². The summed E-state index contributed by atoms with van der Waals surface area (Å²) >= 11 is 0. The van der Waals surface area contributed by atoms with Gasteiger partial charge in [0, 0.05) is 37.0 Å². The molecule has 0 aromatic carbocycles. The molecule has 1 aliphatic carbocycles. The van der Waals surface area contributed by atoms with Crippen LogP contribution in [0.25, 0.3) is 0 Å². The van der Waals surface area contributed by atoms with Gasteiger partial charge in [-0.3, -0.25) is 9.89 Å². The van der Waals surface area contributed by atoms with Crippen LogP contribution in [0.15, 0.2) is 6.07 Å². The Morgan fingerprint density at radius 3 is 2.71 bits per heavy atom. The van der Waals surface area contributed by atoms with Crippen LogP contribution >= 0.6 is 0 Å². The molecular weight excluding hydrogens is 390 g/mol. The third-order valence-electron chi connectivity index (χ3n) is 6.51. The number of rotatable bonds is 7. The van der Waals surface area contributed by atoms with E-state index < -0.39 is 0 Å². The number of hydrogen-bond donors (Lipinski definition) is 2. The van der Waals surface area contributed by atoms with E-state index in [0.717, 1.165) is 81.2 Å². The summed E-state index contributed by atoms with van der Waals surface area (Å²) in [5.74, 6) is 2.85. The van der Waals surface area contributed by atoms with Crippen LogP contribution in [0.4, 0.5) is 17.6 Å². The lowest BCUT2D eigenvalue weighted by molar-refractivity contribution is -0.132. The van der Waals surface area contributed by atoms with Crippen molar-refractivity contribution >= 4 is 23.5 Å². The molecule has 168 valence electrons. The van der Waals surface area contributed by atoms with Crippen molar-refractivity contribution in [3.63, 3.8) is 0 Å². The van der Waals surface area contributed by atoms with Crippen LogP contribution in [-0.4, -0.2) is 56.6 Å². The molecule has 2 aliphatic rings. The van der Waals surface area contributed by atoms with Crippen molar-refractivity contribution in [2.75, 3.05) is 29.9 Å². The van der Waals surface area contributed by atoms with E-state index in [1.807, 2.05) is 24.8 Å². The van der Waals surface area contributed by atoms with Crippen LogP contribution in [0.1, 0.15) is 76.2 Å². The minimum Gasteiger partial charge on any atom is -0.341 e. The lowest BCUT2D eigenvalue weighted by Crippen LogP contribution is -2.46. The van der Waals surface area contributed by atoms with E-state index in [1.54, 1.807) is 0 Å². The van der Waals surface area contributed by atoms with Crippen LogP contribution in [0.5, 0.6) is 0 Å². The van der Waals surface area contributed by atoms with E-state index in [9.17, 15) is 4.79 Å². The van der Waals surface area contributed by atoms with Crippen molar-refractivity contribution in [1.29, 1.82) is 0 Å². The summed E-state index contributed by atoms with van der Waals surface area (Å²) in [6.07, 6.45) is 6.06. The number of amides is 1. The number of hydrogen-bond acceptors (Lipinski definition) is 6. The maximum atomic E-state index is 13.1. The van der Waals surface area contributed by atoms with Crippen molar-refractivity contribution < 1.29 is 4.79 Å². The molecule has 0 spiro atoms. The first-order valence-corrected chi connectivity index (χ1v) is 11.8. The molecule has 2 aromatic heterocycles. The Morgan fingerprint density at radius 2 is 2.00 bits per heavy atom. The summed E-state index contributed by atoms with van der Waals surface area (Å²) in [5.41, 5.74) is 3.39. The molecule has 0 saturated carbocycles. The number of carbonyl (C=O) groups is 1. The molecule has 0 radical (unpaired) electrons. The Bertz CT molecular complexity index is 919. The number of nitrogens with one attached hydrogen (secondary N) is 2. The van der Waals surface area contributed by atoms with Gasteiger partial charge in [0.25, 0.3) is 0 Å². The first-order chi connectivity index (χ1) is 15.0. The Hall–Kier alpha value is -2.64. The molecule has 1 fully saturated rings. The third-order valence-corrected chi connectivity index (χ3v) is 6.51. The Morgan fingerprint density at radius 1 is 1.23 bits per heavy atom. The van der Waals surface area contributed by atoms with Gasteiger partial charge in [0.2, 0.25) is 11.9 Å². The van der Waals surface area contributed by atoms with Crippen LogP contribution in [-0.2, 0) is 17.6 Å². The lowest BCUT2D eigenvalue weighted by Gasteiger charge is -2.30. The first kappa shape index (κ1) is 21.6. The molecule has 3 heterocycles. The lowest BCUT2D eigenvalue weighted by atomic mass is 9.96. The summed E-state index contributed by atoms with van der Waals surface area (Å²) in [7, 11) is 0. The molecular formula is C23H35N7O. The Kier molecular flexibility index (Phi) is 6.43. The smallest absolute Gasteiger partial charge is 0.245 e. The SMILES string of the molecule is CCN(CC)C(=O)[C@@H]1CCCN1c1nc2c(c(Nc3cc(C(C)C)[nH]n3)n1)CCCC2. The predicted octanol–water partition coefficient (Wildman–Crippen LogP) is 3.78. The van der Waals surface area contributed by atoms with Gasteiger partial charge in [-0.25, -0.2) is 4.98 Å². The maximum Gasteiger partial charge on any atom is 0.245 e. The number of likely N-dealkylation sites (N-methyl/N-ethyl adjacent to an activating group) is 1. The summed E-state index contributed by atoms with van der Waals surface area (Å²) in [4.78, 5) is 27.0. The van der Waals surface area contributed by atoms with Crippen LogP contribution in [0.2, 0.25) is 0 Å². The van der Waals surface area contributed by atoms with Gasteiger partial charge < -0.3 is 15.1 Å². The standard InChI is InChI=1S/C23H35N7O/c1-5-29(6-2)22(31)19-12-9-13-30(19)23-24-17-11-8-7-10-16(17)21(26-23)25-20-14-18(15(3)4)27-28-20/h14-15,19H,5-13H2,1-4H3,(H2,24,25,26,27,28)/t19-/m0/s1. The molecule has 1 saturated heterocycles. The number of nitrogens with zero attached hydrogens (tertiary/aromatic N) is 5. The Labute approximate surface area is 184 Å². The number of aromatic nitrogens is 4. The normalized spacial score (nSPS) is 18.4. The van der Waals surface area contributed by atoms with E-state index in [4.69, 9.17) is 9.97 Å². The van der Waals surface area contributed by atoms with Gasteiger partial charge >= 0.3 is 0 Å². The number of fused-ring (bicyclic) bond motifs is 1. The van der Waals surface area contributed by atoms with E-state index in [2.05, 4.69) is 34.3 Å². The molecule has 0 bridgehead atoms.